The van der Waals surface area contributed by atoms with E-state index in [2.05, 4.69) is 24.0 Å². The molecular weight excluding hydrogens is 362 g/mol. The number of unbranched alkanes of at least 4 members (excludes halogenated alkanes) is 1. The van der Waals surface area contributed by atoms with Gasteiger partial charge in [-0.25, -0.2) is 0 Å². The average Bonchev–Trinajstić information content (AvgIpc) is 3.19. The highest BCUT2D eigenvalue weighted by molar-refractivity contribution is 5.75. The Morgan fingerprint density at radius 3 is 2.79 bits per heavy atom. The van der Waals surface area contributed by atoms with Gasteiger partial charge in [-0.3, -0.25) is 4.79 Å². The Labute approximate surface area is 177 Å². The van der Waals surface area contributed by atoms with Crippen LogP contribution in [0, 0.1) is 35.5 Å². The van der Waals surface area contributed by atoms with Gasteiger partial charge in [-0.05, 0) is 49.9 Å². The highest BCUT2D eigenvalue weighted by Crippen LogP contribution is 2.48. The molecule has 29 heavy (non-hydrogen) atoms. The fourth-order valence-electron chi connectivity index (χ4n) is 4.55. The topological polar surface area (TPSA) is 60.8 Å². The molecule has 0 aliphatic heterocycles. The van der Waals surface area contributed by atoms with Crippen molar-refractivity contribution >= 4 is 5.91 Å². The number of carbonyl (C=O) groups excluding carboxylic acids is 1. The van der Waals surface area contributed by atoms with E-state index in [0.29, 0.717) is 24.7 Å². The van der Waals surface area contributed by atoms with Gasteiger partial charge in [-0.2, -0.15) is 0 Å². The monoisotopic (exact) mass is 401 g/mol. The van der Waals surface area contributed by atoms with E-state index in [4.69, 9.17) is 0 Å². The van der Waals surface area contributed by atoms with Crippen LogP contribution in [0.3, 0.4) is 0 Å². The van der Waals surface area contributed by atoms with Crippen molar-refractivity contribution in [3.05, 3.63) is 23.8 Å². The Hall–Kier alpha value is -1.57. The van der Waals surface area contributed by atoms with Crippen LogP contribution in [-0.2, 0) is 4.79 Å². The maximum atomic E-state index is 11.7. The molecule has 0 aromatic heterocycles. The Balaban J connectivity index is 1.81. The number of hydrogen-bond donors (Lipinski definition) is 2. The predicted molar refractivity (Wildman–Crippen MR) is 118 cm³/mol. The zero-order valence-electron chi connectivity index (χ0n) is 18.6. The van der Waals surface area contributed by atoms with E-state index in [0.717, 1.165) is 38.5 Å². The third kappa shape index (κ3) is 7.01. The van der Waals surface area contributed by atoms with Gasteiger partial charge in [0.05, 0.1) is 12.2 Å². The van der Waals surface area contributed by atoms with Crippen molar-refractivity contribution in [2.75, 3.05) is 14.1 Å². The fraction of sp³-hybridized carbons (Fsp3) is 0.720. The Morgan fingerprint density at radius 2 is 2.10 bits per heavy atom. The van der Waals surface area contributed by atoms with E-state index in [1.165, 1.54) is 5.57 Å². The summed E-state index contributed by atoms with van der Waals surface area (Å²) in [6, 6.07) is 0. The molecule has 2 rings (SSSR count). The molecule has 2 aliphatic rings. The zero-order chi connectivity index (χ0) is 21.4. The first kappa shape index (κ1) is 23.7. The summed E-state index contributed by atoms with van der Waals surface area (Å²) in [6.07, 6.45) is 12.5. The lowest BCUT2D eigenvalue weighted by Gasteiger charge is -2.20. The van der Waals surface area contributed by atoms with Crippen LogP contribution in [0.2, 0.25) is 0 Å². The molecule has 0 saturated heterocycles. The van der Waals surface area contributed by atoms with Crippen LogP contribution in [-0.4, -0.2) is 47.3 Å². The lowest BCUT2D eigenvalue weighted by molar-refractivity contribution is -0.128. The van der Waals surface area contributed by atoms with Crippen LogP contribution < -0.4 is 0 Å². The quantitative estimate of drug-likeness (QED) is 0.350. The van der Waals surface area contributed by atoms with Crippen molar-refractivity contribution in [2.45, 2.75) is 77.4 Å². The number of allylic oxidation sites excluding steroid dienone is 2. The van der Waals surface area contributed by atoms with Gasteiger partial charge in [0, 0.05) is 39.3 Å². The highest BCUT2D eigenvalue weighted by Gasteiger charge is 2.43. The van der Waals surface area contributed by atoms with Gasteiger partial charge in [-0.15, -0.1) is 11.8 Å². The Kier molecular flexibility index (Phi) is 9.46. The van der Waals surface area contributed by atoms with E-state index in [1.807, 2.05) is 19.9 Å². The summed E-state index contributed by atoms with van der Waals surface area (Å²) in [5.74, 6) is 7.47. The largest absolute Gasteiger partial charge is 0.392 e. The SMILES string of the molecule is CCC#CC[C@H](C)[C@H](O)C=C[C@@H]1[C@H]2CC(CCCCC(=O)N(C)C)=C[C@H]2C[C@H]1O. The predicted octanol–water partition coefficient (Wildman–Crippen LogP) is 3.94. The van der Waals surface area contributed by atoms with Crippen molar-refractivity contribution in [1.29, 1.82) is 0 Å². The molecule has 0 bridgehead atoms. The number of amides is 1. The molecule has 0 aromatic carbocycles. The molecule has 1 amide bonds. The maximum absolute atomic E-state index is 11.7. The molecule has 2 aliphatic carbocycles. The highest BCUT2D eigenvalue weighted by atomic mass is 16.3. The lowest BCUT2D eigenvalue weighted by Crippen LogP contribution is -2.21. The molecule has 0 heterocycles. The standard InChI is InChI=1S/C25H39NO3/c1-5-6-7-10-18(2)23(27)14-13-21-22-16-19(15-20(22)17-24(21)28)11-8-9-12-25(29)26(3)4/h13-15,18,20-24,27-28H,5,8-12,16-17H2,1-4H3/t18-,20-,21+,22-,23+,24+/m0/s1. The van der Waals surface area contributed by atoms with Crippen molar-refractivity contribution in [3.8, 4) is 11.8 Å². The van der Waals surface area contributed by atoms with Crippen LogP contribution in [0.15, 0.2) is 23.8 Å². The summed E-state index contributed by atoms with van der Waals surface area (Å²) in [6.45, 7) is 4.04. The average molecular weight is 402 g/mol. The summed E-state index contributed by atoms with van der Waals surface area (Å²) >= 11 is 0. The first-order valence-electron chi connectivity index (χ1n) is 11.2. The molecule has 2 N–H and O–H groups in total. The summed E-state index contributed by atoms with van der Waals surface area (Å²) in [7, 11) is 3.61. The third-order valence-corrected chi connectivity index (χ3v) is 6.43. The van der Waals surface area contributed by atoms with Crippen molar-refractivity contribution in [3.63, 3.8) is 0 Å². The molecule has 0 unspecified atom stereocenters. The van der Waals surface area contributed by atoms with E-state index >= 15 is 0 Å². The second-order valence-corrected chi connectivity index (χ2v) is 9.00. The number of fused-ring (bicyclic) bond motifs is 1. The minimum absolute atomic E-state index is 0.0989. The maximum Gasteiger partial charge on any atom is 0.222 e. The smallest absolute Gasteiger partial charge is 0.222 e. The minimum atomic E-state index is -0.518. The zero-order valence-corrected chi connectivity index (χ0v) is 18.6. The summed E-state index contributed by atoms with van der Waals surface area (Å²) in [5, 5.41) is 20.9. The molecular formula is C25H39NO3. The van der Waals surface area contributed by atoms with Crippen LogP contribution >= 0.6 is 0 Å². The van der Waals surface area contributed by atoms with E-state index in [9.17, 15) is 15.0 Å². The molecule has 0 aromatic rings. The number of hydrogen-bond acceptors (Lipinski definition) is 3. The minimum Gasteiger partial charge on any atom is -0.392 e. The third-order valence-electron chi connectivity index (χ3n) is 6.43. The molecule has 162 valence electrons. The molecule has 6 atom stereocenters. The summed E-state index contributed by atoms with van der Waals surface area (Å²) in [5.41, 5.74) is 1.48. The molecule has 0 spiro atoms. The first-order chi connectivity index (χ1) is 13.8. The molecule has 4 nitrogen and oxygen atoms in total. The normalized spacial score (nSPS) is 27.9. The van der Waals surface area contributed by atoms with Gasteiger partial charge >= 0.3 is 0 Å². The molecule has 4 heteroatoms. The van der Waals surface area contributed by atoms with Crippen molar-refractivity contribution < 1.29 is 15.0 Å². The summed E-state index contributed by atoms with van der Waals surface area (Å²) < 4.78 is 0. The Morgan fingerprint density at radius 1 is 1.34 bits per heavy atom. The van der Waals surface area contributed by atoms with Gasteiger partial charge < -0.3 is 15.1 Å². The second-order valence-electron chi connectivity index (χ2n) is 9.00. The summed E-state index contributed by atoms with van der Waals surface area (Å²) in [4.78, 5) is 13.3. The van der Waals surface area contributed by atoms with Crippen molar-refractivity contribution in [1.82, 2.24) is 4.90 Å². The van der Waals surface area contributed by atoms with Gasteiger partial charge in [0.25, 0.3) is 0 Å². The fourth-order valence-corrected chi connectivity index (χ4v) is 4.55. The Bertz CT molecular complexity index is 655. The number of nitrogens with zero attached hydrogens (tertiary/aromatic N) is 1. The van der Waals surface area contributed by atoms with Crippen LogP contribution in [0.5, 0.6) is 0 Å². The van der Waals surface area contributed by atoms with Crippen molar-refractivity contribution in [2.24, 2.45) is 23.7 Å². The number of aliphatic hydroxyl groups is 2. The number of rotatable bonds is 9. The van der Waals surface area contributed by atoms with E-state index < -0.39 is 6.10 Å². The number of aliphatic hydroxyl groups excluding tert-OH is 2. The van der Waals surface area contributed by atoms with E-state index in [-0.39, 0.29) is 23.8 Å². The van der Waals surface area contributed by atoms with Gasteiger partial charge in [-0.1, -0.05) is 37.6 Å². The molecule has 0 radical (unpaired) electrons. The van der Waals surface area contributed by atoms with Crippen LogP contribution in [0.25, 0.3) is 0 Å². The van der Waals surface area contributed by atoms with E-state index in [1.54, 1.807) is 19.0 Å². The van der Waals surface area contributed by atoms with Gasteiger partial charge in [0.2, 0.25) is 5.91 Å². The van der Waals surface area contributed by atoms with Crippen LogP contribution in [0.1, 0.15) is 65.2 Å². The van der Waals surface area contributed by atoms with Crippen LogP contribution in [0.4, 0.5) is 0 Å². The number of carbonyl (C=O) groups is 1. The molecule has 1 saturated carbocycles. The van der Waals surface area contributed by atoms with Gasteiger partial charge in [0.15, 0.2) is 0 Å². The first-order valence-corrected chi connectivity index (χ1v) is 11.2. The lowest BCUT2D eigenvalue weighted by atomic mass is 9.88. The molecule has 1 fully saturated rings. The van der Waals surface area contributed by atoms with Gasteiger partial charge in [0.1, 0.15) is 0 Å². The second kappa shape index (κ2) is 11.6.